The molecule has 8 nitrogen and oxygen atoms in total. The van der Waals surface area contributed by atoms with Gasteiger partial charge in [-0.1, -0.05) is 18.2 Å². The van der Waals surface area contributed by atoms with Gasteiger partial charge in [0.15, 0.2) is 0 Å². The summed E-state index contributed by atoms with van der Waals surface area (Å²) >= 11 is 0. The highest BCUT2D eigenvalue weighted by Crippen LogP contribution is 2.24. The molecule has 1 amide bonds. The molecule has 166 valence electrons. The maximum Gasteiger partial charge on any atom is 0.337 e. The predicted octanol–water partition coefficient (Wildman–Crippen LogP) is 4.23. The second-order valence-electron chi connectivity index (χ2n) is 7.35. The third kappa shape index (κ3) is 4.59. The number of hydrogen-bond acceptors (Lipinski definition) is 6. The van der Waals surface area contributed by atoms with Crippen molar-refractivity contribution in [1.82, 2.24) is 9.97 Å². The Balaban J connectivity index is 1.52. The van der Waals surface area contributed by atoms with Crippen molar-refractivity contribution in [3.63, 3.8) is 0 Å². The Morgan fingerprint density at radius 3 is 2.52 bits per heavy atom. The van der Waals surface area contributed by atoms with Gasteiger partial charge in [0.1, 0.15) is 17.9 Å². The van der Waals surface area contributed by atoms with Crippen molar-refractivity contribution in [3.05, 3.63) is 89.7 Å². The van der Waals surface area contributed by atoms with Crippen LogP contribution in [-0.4, -0.2) is 41.1 Å². The molecule has 0 saturated heterocycles. The second kappa shape index (κ2) is 9.35. The first kappa shape index (κ1) is 21.8. The van der Waals surface area contributed by atoms with E-state index < -0.39 is 5.97 Å². The lowest BCUT2D eigenvalue weighted by Gasteiger charge is -2.19. The van der Waals surface area contributed by atoms with Crippen LogP contribution in [0.5, 0.6) is 5.75 Å². The molecule has 4 aromatic rings. The SMILES string of the molecule is COc1ccc(C(=O)N(C)c2cccc(CNc3ncnc4c(C(=O)O)cccc34)c2)cc1. The van der Waals surface area contributed by atoms with Gasteiger partial charge in [0, 0.05) is 30.2 Å². The second-order valence-corrected chi connectivity index (χ2v) is 7.35. The number of aromatic nitrogens is 2. The number of amides is 1. The molecule has 0 radical (unpaired) electrons. The monoisotopic (exact) mass is 442 g/mol. The molecular weight excluding hydrogens is 420 g/mol. The Bertz CT molecular complexity index is 1320. The van der Waals surface area contributed by atoms with Crippen LogP contribution in [0.25, 0.3) is 10.9 Å². The van der Waals surface area contributed by atoms with Crippen LogP contribution < -0.4 is 15.0 Å². The number of fused-ring (bicyclic) bond motifs is 1. The van der Waals surface area contributed by atoms with Gasteiger partial charge in [-0.2, -0.15) is 0 Å². The summed E-state index contributed by atoms with van der Waals surface area (Å²) < 4.78 is 5.15. The lowest BCUT2D eigenvalue weighted by Crippen LogP contribution is -2.26. The van der Waals surface area contributed by atoms with E-state index in [1.807, 2.05) is 24.3 Å². The van der Waals surface area contributed by atoms with Crippen LogP contribution in [0, 0.1) is 0 Å². The Labute approximate surface area is 190 Å². The summed E-state index contributed by atoms with van der Waals surface area (Å²) in [6, 6.07) is 19.5. The number of nitrogens with zero attached hydrogens (tertiary/aromatic N) is 3. The van der Waals surface area contributed by atoms with Crippen LogP contribution >= 0.6 is 0 Å². The minimum Gasteiger partial charge on any atom is -0.497 e. The fourth-order valence-corrected chi connectivity index (χ4v) is 3.51. The number of nitrogens with one attached hydrogen (secondary N) is 1. The average molecular weight is 442 g/mol. The predicted molar refractivity (Wildman–Crippen MR) is 126 cm³/mol. The summed E-state index contributed by atoms with van der Waals surface area (Å²) in [4.78, 5) is 34.3. The van der Waals surface area contributed by atoms with Crippen molar-refractivity contribution < 1.29 is 19.4 Å². The molecule has 0 saturated carbocycles. The van der Waals surface area contributed by atoms with Crippen LogP contribution in [0.4, 0.5) is 11.5 Å². The van der Waals surface area contributed by atoms with Crippen LogP contribution in [-0.2, 0) is 6.54 Å². The fraction of sp³-hybridized carbons (Fsp3) is 0.120. The van der Waals surface area contributed by atoms with Gasteiger partial charge in [-0.15, -0.1) is 0 Å². The highest BCUT2D eigenvalue weighted by Gasteiger charge is 2.15. The third-order valence-electron chi connectivity index (χ3n) is 5.29. The van der Waals surface area contributed by atoms with Gasteiger partial charge >= 0.3 is 5.97 Å². The van der Waals surface area contributed by atoms with Gasteiger partial charge in [0.05, 0.1) is 18.2 Å². The molecule has 4 rings (SSSR count). The molecule has 1 heterocycles. The average Bonchev–Trinajstić information content (AvgIpc) is 2.86. The maximum atomic E-state index is 12.9. The molecule has 0 aliphatic heterocycles. The van der Waals surface area contributed by atoms with E-state index in [0.717, 1.165) is 11.3 Å². The first-order chi connectivity index (χ1) is 16.0. The summed E-state index contributed by atoms with van der Waals surface area (Å²) in [5, 5.41) is 13.3. The van der Waals surface area contributed by atoms with Gasteiger partial charge in [-0.05, 0) is 54.1 Å². The van der Waals surface area contributed by atoms with E-state index >= 15 is 0 Å². The molecule has 0 atom stereocenters. The first-order valence-electron chi connectivity index (χ1n) is 10.2. The number of carboxylic acid groups (broad SMARTS) is 1. The topological polar surface area (TPSA) is 105 Å². The normalized spacial score (nSPS) is 10.6. The molecule has 0 aliphatic rings. The first-order valence-corrected chi connectivity index (χ1v) is 10.2. The summed E-state index contributed by atoms with van der Waals surface area (Å²) in [5.41, 5.74) is 2.74. The lowest BCUT2D eigenvalue weighted by atomic mass is 10.1. The number of para-hydroxylation sites is 1. The summed E-state index contributed by atoms with van der Waals surface area (Å²) in [5.74, 6) is 0.0550. The van der Waals surface area contributed by atoms with E-state index in [2.05, 4.69) is 15.3 Å². The Morgan fingerprint density at radius 1 is 1.03 bits per heavy atom. The number of rotatable bonds is 7. The minimum atomic E-state index is -1.04. The van der Waals surface area contributed by atoms with Gasteiger partial charge in [-0.3, -0.25) is 4.79 Å². The van der Waals surface area contributed by atoms with E-state index in [-0.39, 0.29) is 11.5 Å². The zero-order valence-corrected chi connectivity index (χ0v) is 18.1. The number of aromatic carboxylic acids is 1. The maximum absolute atomic E-state index is 12.9. The van der Waals surface area contributed by atoms with Crippen LogP contribution in [0.2, 0.25) is 0 Å². The minimum absolute atomic E-state index is 0.124. The molecule has 0 fully saturated rings. The molecule has 0 spiro atoms. The molecule has 0 bridgehead atoms. The Kier molecular flexibility index (Phi) is 6.17. The molecule has 0 unspecified atom stereocenters. The molecule has 3 aromatic carbocycles. The standard InChI is InChI=1S/C25H22N4O4/c1-29(24(30)17-9-11-19(33-2)12-10-17)18-6-3-5-16(13-18)14-26-23-20-7-4-8-21(25(31)32)22(20)27-15-28-23/h3-13,15H,14H2,1-2H3,(H,31,32)(H,26,27,28). The fourth-order valence-electron chi connectivity index (χ4n) is 3.51. The quantitative estimate of drug-likeness (QED) is 0.441. The van der Waals surface area contributed by atoms with Gasteiger partial charge in [-0.25, -0.2) is 14.8 Å². The number of anilines is 2. The third-order valence-corrected chi connectivity index (χ3v) is 5.29. The van der Waals surface area contributed by atoms with E-state index in [1.165, 1.54) is 12.4 Å². The number of methoxy groups -OCH3 is 1. The zero-order chi connectivity index (χ0) is 23.4. The summed E-state index contributed by atoms with van der Waals surface area (Å²) in [6.45, 7) is 0.432. The number of carbonyl (C=O) groups excluding carboxylic acids is 1. The largest absolute Gasteiger partial charge is 0.497 e. The van der Waals surface area contributed by atoms with Crippen molar-refractivity contribution in [1.29, 1.82) is 0 Å². The van der Waals surface area contributed by atoms with Gasteiger partial charge < -0.3 is 20.1 Å². The van der Waals surface area contributed by atoms with Gasteiger partial charge in [0.2, 0.25) is 0 Å². The van der Waals surface area contributed by atoms with Crippen LogP contribution in [0.15, 0.2) is 73.1 Å². The highest BCUT2D eigenvalue weighted by atomic mass is 16.5. The van der Waals surface area contributed by atoms with Crippen molar-refractivity contribution in [3.8, 4) is 5.75 Å². The Morgan fingerprint density at radius 2 is 1.79 bits per heavy atom. The van der Waals surface area contributed by atoms with E-state index in [9.17, 15) is 14.7 Å². The van der Waals surface area contributed by atoms with Crippen molar-refractivity contribution in [2.75, 3.05) is 24.4 Å². The van der Waals surface area contributed by atoms with Crippen LogP contribution in [0.3, 0.4) is 0 Å². The summed E-state index contributed by atoms with van der Waals surface area (Å²) in [7, 11) is 3.31. The number of carbonyl (C=O) groups is 2. The summed E-state index contributed by atoms with van der Waals surface area (Å²) in [6.07, 6.45) is 1.34. The zero-order valence-electron chi connectivity index (χ0n) is 18.1. The number of carboxylic acids is 1. The smallest absolute Gasteiger partial charge is 0.337 e. The molecular formula is C25H22N4O4. The molecule has 0 aliphatic carbocycles. The number of benzene rings is 3. The molecule has 2 N–H and O–H groups in total. The lowest BCUT2D eigenvalue weighted by molar-refractivity contribution is 0.0698. The van der Waals surface area contributed by atoms with E-state index in [1.54, 1.807) is 55.5 Å². The Hall–Kier alpha value is -4.46. The molecule has 33 heavy (non-hydrogen) atoms. The number of ether oxygens (including phenoxy) is 1. The van der Waals surface area contributed by atoms with Crippen molar-refractivity contribution in [2.45, 2.75) is 6.54 Å². The van der Waals surface area contributed by atoms with Crippen molar-refractivity contribution in [2.24, 2.45) is 0 Å². The van der Waals surface area contributed by atoms with E-state index in [0.29, 0.717) is 34.6 Å². The number of hydrogen-bond donors (Lipinski definition) is 2. The van der Waals surface area contributed by atoms with Crippen LogP contribution in [0.1, 0.15) is 26.3 Å². The molecule has 8 heteroatoms. The van der Waals surface area contributed by atoms with E-state index in [4.69, 9.17) is 4.74 Å². The highest BCUT2D eigenvalue weighted by molar-refractivity contribution is 6.06. The van der Waals surface area contributed by atoms with Gasteiger partial charge in [0.25, 0.3) is 5.91 Å². The molecule has 1 aromatic heterocycles. The van der Waals surface area contributed by atoms with Crippen molar-refractivity contribution >= 4 is 34.3 Å².